The summed E-state index contributed by atoms with van der Waals surface area (Å²) in [6.45, 7) is 0.711. The minimum absolute atomic E-state index is 0.130. The Morgan fingerprint density at radius 3 is 2.68 bits per heavy atom. The van der Waals surface area contributed by atoms with Gasteiger partial charge in [0.15, 0.2) is 5.69 Å². The SMILES string of the molecule is COC1CCN(c2nc(C(F)(F)F)c(C(=O)O)o2)C1. The number of methoxy groups -OCH3 is 1. The van der Waals surface area contributed by atoms with Crippen molar-refractivity contribution in [2.24, 2.45) is 0 Å². The van der Waals surface area contributed by atoms with E-state index in [-0.39, 0.29) is 12.1 Å². The Morgan fingerprint density at radius 1 is 1.58 bits per heavy atom. The van der Waals surface area contributed by atoms with Crippen LogP contribution in [-0.2, 0) is 10.9 Å². The van der Waals surface area contributed by atoms with E-state index in [4.69, 9.17) is 14.3 Å². The number of hydrogen-bond acceptors (Lipinski definition) is 5. The third kappa shape index (κ3) is 2.65. The molecular formula is C10H11F3N2O4. The van der Waals surface area contributed by atoms with Crippen LogP contribution in [-0.4, -0.2) is 42.4 Å². The lowest BCUT2D eigenvalue weighted by molar-refractivity contribution is -0.141. The summed E-state index contributed by atoms with van der Waals surface area (Å²) >= 11 is 0. The van der Waals surface area contributed by atoms with E-state index in [1.54, 1.807) is 0 Å². The molecule has 1 aromatic rings. The number of ether oxygens (including phenoxy) is 1. The highest BCUT2D eigenvalue weighted by Gasteiger charge is 2.42. The van der Waals surface area contributed by atoms with E-state index in [0.717, 1.165) is 0 Å². The summed E-state index contributed by atoms with van der Waals surface area (Å²) in [4.78, 5) is 15.4. The number of aromatic carboxylic acids is 1. The third-order valence-corrected chi connectivity index (χ3v) is 2.83. The van der Waals surface area contributed by atoms with Crippen LogP contribution in [0.4, 0.5) is 19.2 Å². The summed E-state index contributed by atoms with van der Waals surface area (Å²) in [5.74, 6) is -2.99. The molecule has 0 radical (unpaired) electrons. The zero-order chi connectivity index (χ0) is 14.2. The number of oxazole rings is 1. The highest BCUT2D eigenvalue weighted by Crippen LogP contribution is 2.34. The molecule has 1 aromatic heterocycles. The van der Waals surface area contributed by atoms with Crippen LogP contribution in [0.15, 0.2) is 4.42 Å². The number of alkyl halides is 3. The molecule has 0 saturated carbocycles. The third-order valence-electron chi connectivity index (χ3n) is 2.83. The zero-order valence-electron chi connectivity index (χ0n) is 9.90. The Morgan fingerprint density at radius 2 is 2.26 bits per heavy atom. The van der Waals surface area contributed by atoms with Crippen LogP contribution in [0.1, 0.15) is 22.7 Å². The molecule has 9 heteroatoms. The van der Waals surface area contributed by atoms with Gasteiger partial charge in [-0.25, -0.2) is 4.79 Å². The molecule has 2 rings (SSSR count). The van der Waals surface area contributed by atoms with E-state index in [1.165, 1.54) is 12.0 Å². The summed E-state index contributed by atoms with van der Waals surface area (Å²) in [6.07, 6.45) is -4.38. The lowest BCUT2D eigenvalue weighted by Crippen LogP contribution is -2.22. The first-order chi connectivity index (χ1) is 8.82. The van der Waals surface area contributed by atoms with Crippen molar-refractivity contribution in [2.45, 2.75) is 18.7 Å². The van der Waals surface area contributed by atoms with Crippen LogP contribution >= 0.6 is 0 Å². The molecule has 19 heavy (non-hydrogen) atoms. The number of hydrogen-bond donors (Lipinski definition) is 1. The number of rotatable bonds is 3. The molecule has 0 spiro atoms. The Balaban J connectivity index is 2.31. The number of carboxylic acid groups (broad SMARTS) is 1. The van der Waals surface area contributed by atoms with Gasteiger partial charge in [0.05, 0.1) is 6.10 Å². The second-order valence-corrected chi connectivity index (χ2v) is 4.07. The molecule has 1 unspecified atom stereocenters. The molecule has 106 valence electrons. The number of nitrogens with zero attached hydrogens (tertiary/aromatic N) is 2. The van der Waals surface area contributed by atoms with Crippen LogP contribution in [0.2, 0.25) is 0 Å². The van der Waals surface area contributed by atoms with Crippen molar-refractivity contribution < 1.29 is 32.2 Å². The molecule has 0 aliphatic carbocycles. The molecule has 1 N–H and O–H groups in total. The van der Waals surface area contributed by atoms with Gasteiger partial charge < -0.3 is 19.2 Å². The smallest absolute Gasteiger partial charge is 0.437 e. The minimum Gasteiger partial charge on any atom is -0.475 e. The van der Waals surface area contributed by atoms with Gasteiger partial charge in [-0.1, -0.05) is 0 Å². The summed E-state index contributed by atoms with van der Waals surface area (Å²) in [7, 11) is 1.49. The number of carboxylic acids is 1. The second-order valence-electron chi connectivity index (χ2n) is 4.07. The van der Waals surface area contributed by atoms with Gasteiger partial charge in [0.1, 0.15) is 0 Å². The molecule has 2 heterocycles. The maximum Gasteiger partial charge on any atom is 0.437 e. The predicted octanol–water partition coefficient (Wildman–Crippen LogP) is 1.62. The number of halogens is 3. The van der Waals surface area contributed by atoms with E-state index in [9.17, 15) is 18.0 Å². The molecule has 0 bridgehead atoms. The average molecular weight is 280 g/mol. The molecule has 1 fully saturated rings. The highest BCUT2D eigenvalue weighted by atomic mass is 19.4. The quantitative estimate of drug-likeness (QED) is 0.906. The fourth-order valence-electron chi connectivity index (χ4n) is 1.88. The van der Waals surface area contributed by atoms with E-state index in [1.807, 2.05) is 0 Å². The van der Waals surface area contributed by atoms with Crippen LogP contribution in [0.3, 0.4) is 0 Å². The maximum absolute atomic E-state index is 12.6. The van der Waals surface area contributed by atoms with Crippen LogP contribution in [0.5, 0.6) is 0 Å². The van der Waals surface area contributed by atoms with E-state index >= 15 is 0 Å². The van der Waals surface area contributed by atoms with Gasteiger partial charge in [0, 0.05) is 20.2 Å². The van der Waals surface area contributed by atoms with Gasteiger partial charge >= 0.3 is 12.1 Å². The topological polar surface area (TPSA) is 75.8 Å². The van der Waals surface area contributed by atoms with Crippen molar-refractivity contribution in [1.29, 1.82) is 0 Å². The van der Waals surface area contributed by atoms with Crippen molar-refractivity contribution in [3.8, 4) is 0 Å². The maximum atomic E-state index is 12.6. The van der Waals surface area contributed by atoms with Gasteiger partial charge in [-0.15, -0.1) is 0 Å². The zero-order valence-corrected chi connectivity index (χ0v) is 9.90. The normalized spacial score (nSPS) is 20.0. The summed E-state index contributed by atoms with van der Waals surface area (Å²) < 4.78 is 47.7. The molecule has 1 aliphatic heterocycles. The van der Waals surface area contributed by atoms with Gasteiger partial charge in [-0.3, -0.25) is 0 Å². The lowest BCUT2D eigenvalue weighted by atomic mass is 10.3. The number of aromatic nitrogens is 1. The van der Waals surface area contributed by atoms with Gasteiger partial charge in [0.25, 0.3) is 6.01 Å². The first-order valence-corrected chi connectivity index (χ1v) is 5.42. The fraction of sp³-hybridized carbons (Fsp3) is 0.600. The van der Waals surface area contributed by atoms with Crippen LogP contribution in [0.25, 0.3) is 0 Å². The van der Waals surface area contributed by atoms with Crippen molar-refractivity contribution in [3.05, 3.63) is 11.5 Å². The van der Waals surface area contributed by atoms with Gasteiger partial charge in [0.2, 0.25) is 5.76 Å². The summed E-state index contributed by atoms with van der Waals surface area (Å²) in [5, 5.41) is 8.71. The van der Waals surface area contributed by atoms with E-state index in [0.29, 0.717) is 19.5 Å². The fourth-order valence-corrected chi connectivity index (χ4v) is 1.88. The molecule has 6 nitrogen and oxygen atoms in total. The van der Waals surface area contributed by atoms with Crippen molar-refractivity contribution in [1.82, 2.24) is 4.98 Å². The van der Waals surface area contributed by atoms with E-state index < -0.39 is 23.6 Å². The average Bonchev–Trinajstić information content (AvgIpc) is 2.94. The Bertz CT molecular complexity index is 486. The molecule has 0 amide bonds. The van der Waals surface area contributed by atoms with Gasteiger partial charge in [-0.05, 0) is 6.42 Å². The summed E-state index contributed by atoms with van der Waals surface area (Å²) in [6, 6.07) is -0.343. The molecule has 1 saturated heterocycles. The van der Waals surface area contributed by atoms with Crippen LogP contribution < -0.4 is 4.90 Å². The van der Waals surface area contributed by atoms with Crippen molar-refractivity contribution in [3.63, 3.8) is 0 Å². The number of carbonyl (C=O) groups is 1. The first kappa shape index (κ1) is 13.7. The standard InChI is InChI=1S/C10H11F3N2O4/c1-18-5-2-3-15(4-5)9-14-7(10(11,12)13)6(19-9)8(16)17/h5H,2-4H2,1H3,(H,16,17). The molecule has 0 aromatic carbocycles. The van der Waals surface area contributed by atoms with Crippen molar-refractivity contribution >= 4 is 12.0 Å². The monoisotopic (exact) mass is 280 g/mol. The lowest BCUT2D eigenvalue weighted by Gasteiger charge is -2.12. The van der Waals surface area contributed by atoms with Crippen molar-refractivity contribution in [2.75, 3.05) is 25.1 Å². The Kier molecular flexibility index (Phi) is 3.40. The molecule has 1 atom stereocenters. The Hall–Kier alpha value is -1.77. The Labute approximate surface area is 105 Å². The molecular weight excluding hydrogens is 269 g/mol. The van der Waals surface area contributed by atoms with E-state index in [2.05, 4.69) is 4.98 Å². The van der Waals surface area contributed by atoms with Crippen LogP contribution in [0, 0.1) is 0 Å². The second kappa shape index (κ2) is 4.72. The van der Waals surface area contributed by atoms with Gasteiger partial charge in [-0.2, -0.15) is 18.2 Å². The first-order valence-electron chi connectivity index (χ1n) is 5.42. The number of anilines is 1. The summed E-state index contributed by atoms with van der Waals surface area (Å²) in [5.41, 5.74) is -1.52. The largest absolute Gasteiger partial charge is 0.475 e. The predicted molar refractivity (Wildman–Crippen MR) is 56.1 cm³/mol. The highest BCUT2D eigenvalue weighted by molar-refractivity contribution is 5.86. The molecule has 1 aliphatic rings. The minimum atomic E-state index is -4.87.